The lowest BCUT2D eigenvalue weighted by atomic mass is 9.93. The SMILES string of the molecule is [B]c1cccc(C(=O)C=C)c1. The van der Waals surface area contributed by atoms with E-state index < -0.39 is 0 Å². The first-order chi connectivity index (χ1) is 5.24. The zero-order chi connectivity index (χ0) is 8.27. The molecule has 0 fully saturated rings. The predicted octanol–water partition coefficient (Wildman–Crippen LogP) is 0.849. The summed E-state index contributed by atoms with van der Waals surface area (Å²) in [5.74, 6) is -0.0997. The average molecular weight is 142 g/mol. The molecule has 0 aliphatic heterocycles. The van der Waals surface area contributed by atoms with Gasteiger partial charge in [0.1, 0.15) is 7.85 Å². The molecule has 2 heteroatoms. The van der Waals surface area contributed by atoms with Gasteiger partial charge in [-0.25, -0.2) is 0 Å². The number of allylic oxidation sites excluding steroid dienone is 1. The van der Waals surface area contributed by atoms with Crippen LogP contribution < -0.4 is 5.46 Å². The van der Waals surface area contributed by atoms with Crippen molar-refractivity contribution >= 4 is 19.1 Å². The van der Waals surface area contributed by atoms with Crippen molar-refractivity contribution in [3.05, 3.63) is 42.5 Å². The summed E-state index contributed by atoms with van der Waals surface area (Å²) in [5, 5.41) is 0. The molecule has 0 atom stereocenters. The van der Waals surface area contributed by atoms with E-state index in [0.29, 0.717) is 11.0 Å². The minimum atomic E-state index is -0.0997. The first-order valence-corrected chi connectivity index (χ1v) is 3.26. The molecule has 0 spiro atoms. The Balaban J connectivity index is 3.05. The number of hydrogen-bond acceptors (Lipinski definition) is 1. The highest BCUT2D eigenvalue weighted by Crippen LogP contribution is 1.97. The van der Waals surface area contributed by atoms with Crippen LogP contribution in [0.3, 0.4) is 0 Å². The Morgan fingerprint density at radius 3 is 2.82 bits per heavy atom. The van der Waals surface area contributed by atoms with Crippen LogP contribution in [-0.4, -0.2) is 13.6 Å². The third-order valence-corrected chi connectivity index (χ3v) is 1.36. The first-order valence-electron chi connectivity index (χ1n) is 3.26. The highest BCUT2D eigenvalue weighted by atomic mass is 16.1. The van der Waals surface area contributed by atoms with Crippen LogP contribution in [0, 0.1) is 0 Å². The second kappa shape index (κ2) is 3.19. The Morgan fingerprint density at radius 2 is 2.27 bits per heavy atom. The summed E-state index contributed by atoms with van der Waals surface area (Å²) in [6.45, 7) is 3.38. The van der Waals surface area contributed by atoms with Gasteiger partial charge >= 0.3 is 0 Å². The van der Waals surface area contributed by atoms with E-state index in [2.05, 4.69) is 6.58 Å². The van der Waals surface area contributed by atoms with Gasteiger partial charge in [0.15, 0.2) is 5.78 Å². The van der Waals surface area contributed by atoms with Gasteiger partial charge in [0, 0.05) is 5.56 Å². The summed E-state index contributed by atoms with van der Waals surface area (Å²) >= 11 is 0. The number of hydrogen-bond donors (Lipinski definition) is 0. The Hall–Kier alpha value is -1.31. The molecule has 0 unspecified atom stereocenters. The number of benzene rings is 1. The maximum atomic E-state index is 11.0. The zero-order valence-electron chi connectivity index (χ0n) is 6.08. The van der Waals surface area contributed by atoms with E-state index in [1.807, 2.05) is 0 Å². The molecule has 1 aromatic rings. The summed E-state index contributed by atoms with van der Waals surface area (Å²) in [5.41, 5.74) is 1.18. The molecular formula is C9H7BO. The fourth-order valence-electron chi connectivity index (χ4n) is 0.810. The van der Waals surface area contributed by atoms with Crippen LogP contribution in [0.15, 0.2) is 36.9 Å². The topological polar surface area (TPSA) is 17.1 Å². The number of rotatable bonds is 2. The van der Waals surface area contributed by atoms with Crippen molar-refractivity contribution in [2.24, 2.45) is 0 Å². The van der Waals surface area contributed by atoms with E-state index in [1.165, 1.54) is 6.08 Å². The molecule has 0 aromatic heterocycles. The second-order valence-corrected chi connectivity index (χ2v) is 2.19. The monoisotopic (exact) mass is 142 g/mol. The zero-order valence-corrected chi connectivity index (χ0v) is 6.08. The fourth-order valence-corrected chi connectivity index (χ4v) is 0.810. The smallest absolute Gasteiger partial charge is 0.185 e. The van der Waals surface area contributed by atoms with Crippen molar-refractivity contribution in [3.8, 4) is 0 Å². The molecule has 0 aliphatic rings. The Kier molecular flexibility index (Phi) is 2.26. The number of ketones is 1. The summed E-state index contributed by atoms with van der Waals surface area (Å²) in [6.07, 6.45) is 1.27. The Bertz CT molecular complexity index is 291. The van der Waals surface area contributed by atoms with Crippen molar-refractivity contribution in [1.82, 2.24) is 0 Å². The lowest BCUT2D eigenvalue weighted by Gasteiger charge is -1.95. The van der Waals surface area contributed by atoms with Gasteiger partial charge in [-0.15, -0.1) is 0 Å². The number of carbonyl (C=O) groups excluding carboxylic acids is 1. The summed E-state index contributed by atoms with van der Waals surface area (Å²) in [7, 11) is 5.46. The van der Waals surface area contributed by atoms with Gasteiger partial charge in [0.2, 0.25) is 0 Å². The van der Waals surface area contributed by atoms with Crippen LogP contribution in [0.25, 0.3) is 0 Å². The van der Waals surface area contributed by atoms with E-state index >= 15 is 0 Å². The summed E-state index contributed by atoms with van der Waals surface area (Å²) in [4.78, 5) is 11.0. The van der Waals surface area contributed by atoms with E-state index in [0.717, 1.165) is 0 Å². The lowest BCUT2D eigenvalue weighted by Crippen LogP contribution is -2.04. The van der Waals surface area contributed by atoms with E-state index in [-0.39, 0.29) is 5.78 Å². The number of carbonyl (C=O) groups is 1. The van der Waals surface area contributed by atoms with Crippen molar-refractivity contribution in [2.75, 3.05) is 0 Å². The minimum absolute atomic E-state index is 0.0997. The summed E-state index contributed by atoms with van der Waals surface area (Å²) < 4.78 is 0. The van der Waals surface area contributed by atoms with Crippen LogP contribution in [0.1, 0.15) is 10.4 Å². The van der Waals surface area contributed by atoms with Crippen LogP contribution in [-0.2, 0) is 0 Å². The largest absolute Gasteiger partial charge is 0.289 e. The molecule has 0 heterocycles. The molecule has 11 heavy (non-hydrogen) atoms. The van der Waals surface area contributed by atoms with Crippen molar-refractivity contribution in [1.29, 1.82) is 0 Å². The molecule has 1 aromatic carbocycles. The lowest BCUT2D eigenvalue weighted by molar-refractivity contribution is 0.104. The maximum absolute atomic E-state index is 11.0. The highest BCUT2D eigenvalue weighted by Gasteiger charge is 1.98. The van der Waals surface area contributed by atoms with Crippen LogP contribution >= 0.6 is 0 Å². The molecule has 1 rings (SSSR count). The Labute approximate surface area is 67.1 Å². The van der Waals surface area contributed by atoms with Gasteiger partial charge in [-0.3, -0.25) is 4.79 Å². The molecule has 0 saturated heterocycles. The molecule has 0 amide bonds. The molecule has 1 nitrogen and oxygen atoms in total. The van der Waals surface area contributed by atoms with E-state index in [9.17, 15) is 4.79 Å². The van der Waals surface area contributed by atoms with E-state index in [4.69, 9.17) is 7.85 Å². The molecule has 52 valence electrons. The van der Waals surface area contributed by atoms with E-state index in [1.54, 1.807) is 24.3 Å². The van der Waals surface area contributed by atoms with Gasteiger partial charge in [-0.1, -0.05) is 36.3 Å². The normalized spacial score (nSPS) is 9.09. The molecular weight excluding hydrogens is 135 g/mol. The van der Waals surface area contributed by atoms with Crippen LogP contribution in [0.5, 0.6) is 0 Å². The van der Waals surface area contributed by atoms with Gasteiger partial charge in [-0.2, -0.15) is 0 Å². The van der Waals surface area contributed by atoms with Crippen LogP contribution in [0.2, 0.25) is 0 Å². The molecule has 0 aliphatic carbocycles. The van der Waals surface area contributed by atoms with Crippen molar-refractivity contribution in [2.45, 2.75) is 0 Å². The van der Waals surface area contributed by atoms with Gasteiger partial charge in [0.25, 0.3) is 0 Å². The molecule has 0 N–H and O–H groups in total. The standard InChI is InChI=1S/C9H7BO/c1-2-9(11)7-4-3-5-8(10)6-7/h2-6H,1H2. The van der Waals surface area contributed by atoms with Gasteiger partial charge in [0.05, 0.1) is 0 Å². The predicted molar refractivity (Wildman–Crippen MR) is 46.4 cm³/mol. The van der Waals surface area contributed by atoms with Gasteiger partial charge < -0.3 is 0 Å². The fraction of sp³-hybridized carbons (Fsp3) is 0. The molecule has 0 saturated carbocycles. The highest BCUT2D eigenvalue weighted by molar-refractivity contribution is 6.32. The maximum Gasteiger partial charge on any atom is 0.185 e. The second-order valence-electron chi connectivity index (χ2n) is 2.19. The first kappa shape index (κ1) is 7.80. The van der Waals surface area contributed by atoms with Crippen LogP contribution in [0.4, 0.5) is 0 Å². The Morgan fingerprint density at radius 1 is 1.55 bits per heavy atom. The van der Waals surface area contributed by atoms with Crippen molar-refractivity contribution in [3.63, 3.8) is 0 Å². The molecule has 0 bridgehead atoms. The third-order valence-electron chi connectivity index (χ3n) is 1.36. The van der Waals surface area contributed by atoms with Gasteiger partial charge in [-0.05, 0) is 6.08 Å². The van der Waals surface area contributed by atoms with Crippen molar-refractivity contribution < 1.29 is 4.79 Å². The average Bonchev–Trinajstić information content (AvgIpc) is 2.03. The minimum Gasteiger partial charge on any atom is -0.289 e. The molecule has 2 radical (unpaired) electrons. The third kappa shape index (κ3) is 1.80. The summed E-state index contributed by atoms with van der Waals surface area (Å²) in [6, 6.07) is 6.82. The quantitative estimate of drug-likeness (QED) is 0.339.